The van der Waals surface area contributed by atoms with E-state index in [2.05, 4.69) is 38.4 Å². The van der Waals surface area contributed by atoms with Crippen molar-refractivity contribution in [3.8, 4) is 0 Å². The number of pyridine rings is 2. The fraction of sp³-hybridized carbons (Fsp3) is 0.478. The Labute approximate surface area is 183 Å². The van der Waals surface area contributed by atoms with Crippen molar-refractivity contribution in [3.05, 3.63) is 35.8 Å². The summed E-state index contributed by atoms with van der Waals surface area (Å²) in [5, 5.41) is 7.79. The molecule has 2 fully saturated rings. The average molecular weight is 419 g/mol. The number of nitrogens with zero attached hydrogens (tertiary/aromatic N) is 6. The second-order valence-electron chi connectivity index (χ2n) is 8.43. The molecule has 0 bridgehead atoms. The molecular weight excluding hydrogens is 388 g/mol. The van der Waals surface area contributed by atoms with Crippen LogP contribution in [0.15, 0.2) is 24.5 Å². The predicted octanol–water partition coefficient (Wildman–Crippen LogP) is 3.18. The zero-order valence-corrected chi connectivity index (χ0v) is 18.4. The standard InChI is InChI=1S/C23H30N8/c1-16-14-26-22(31-10-4-3-5-11-31)21-20(16)17(2)27-23(29-21)28-19-7-6-18(15-25-19)30-12-8-24-9-13-30/h6-7,14-15,24H,3-5,8-13H2,1-2H3,(H,25,27,28,29). The van der Waals surface area contributed by atoms with Gasteiger partial charge in [0.25, 0.3) is 0 Å². The Kier molecular flexibility index (Phi) is 5.55. The minimum Gasteiger partial charge on any atom is -0.368 e. The van der Waals surface area contributed by atoms with Crippen LogP contribution < -0.4 is 20.4 Å². The lowest BCUT2D eigenvalue weighted by atomic mass is 10.1. The SMILES string of the molecule is Cc1cnc(N2CCCCC2)c2nc(Nc3ccc(N4CCNCC4)cn3)nc(C)c12. The molecule has 3 aromatic rings. The fourth-order valence-corrected chi connectivity index (χ4v) is 4.57. The van der Waals surface area contributed by atoms with Gasteiger partial charge in [-0.3, -0.25) is 0 Å². The van der Waals surface area contributed by atoms with Gasteiger partial charge in [-0.25, -0.2) is 19.9 Å². The summed E-state index contributed by atoms with van der Waals surface area (Å²) in [4.78, 5) is 23.7. The third-order valence-electron chi connectivity index (χ3n) is 6.20. The zero-order chi connectivity index (χ0) is 21.2. The number of anilines is 4. The highest BCUT2D eigenvalue weighted by Crippen LogP contribution is 2.30. The zero-order valence-electron chi connectivity index (χ0n) is 18.4. The molecule has 0 saturated carbocycles. The van der Waals surface area contributed by atoms with E-state index in [9.17, 15) is 0 Å². The molecule has 5 heterocycles. The largest absolute Gasteiger partial charge is 0.368 e. The first-order valence-corrected chi connectivity index (χ1v) is 11.3. The number of hydrogen-bond donors (Lipinski definition) is 2. The van der Waals surface area contributed by atoms with Crippen molar-refractivity contribution in [3.63, 3.8) is 0 Å². The van der Waals surface area contributed by atoms with E-state index in [0.717, 1.165) is 78.8 Å². The molecule has 0 aliphatic carbocycles. The number of piperidine rings is 1. The number of fused-ring (bicyclic) bond motifs is 1. The van der Waals surface area contributed by atoms with Crippen molar-refractivity contribution in [1.82, 2.24) is 25.3 Å². The molecule has 162 valence electrons. The van der Waals surface area contributed by atoms with Crippen LogP contribution in [0, 0.1) is 13.8 Å². The molecule has 2 aliphatic rings. The molecule has 3 aromatic heterocycles. The summed E-state index contributed by atoms with van der Waals surface area (Å²) < 4.78 is 0. The van der Waals surface area contributed by atoms with Crippen molar-refractivity contribution in [2.24, 2.45) is 0 Å². The van der Waals surface area contributed by atoms with Gasteiger partial charge in [-0.05, 0) is 50.8 Å². The van der Waals surface area contributed by atoms with Gasteiger partial charge in [0.2, 0.25) is 5.95 Å². The Morgan fingerprint density at radius 2 is 1.68 bits per heavy atom. The summed E-state index contributed by atoms with van der Waals surface area (Å²) in [5.41, 5.74) is 4.14. The van der Waals surface area contributed by atoms with Gasteiger partial charge in [0, 0.05) is 50.9 Å². The van der Waals surface area contributed by atoms with E-state index in [1.54, 1.807) is 0 Å². The molecule has 0 aromatic carbocycles. The van der Waals surface area contributed by atoms with Crippen LogP contribution >= 0.6 is 0 Å². The van der Waals surface area contributed by atoms with Crippen molar-refractivity contribution in [1.29, 1.82) is 0 Å². The molecule has 0 amide bonds. The average Bonchev–Trinajstić information content (AvgIpc) is 2.81. The predicted molar refractivity (Wildman–Crippen MR) is 125 cm³/mol. The van der Waals surface area contributed by atoms with Crippen LogP contribution in [0.5, 0.6) is 0 Å². The lowest BCUT2D eigenvalue weighted by Gasteiger charge is -2.29. The molecular formula is C23H30N8. The van der Waals surface area contributed by atoms with E-state index in [-0.39, 0.29) is 0 Å². The summed E-state index contributed by atoms with van der Waals surface area (Å²) in [6, 6.07) is 4.11. The van der Waals surface area contributed by atoms with Gasteiger partial charge in [0.15, 0.2) is 5.82 Å². The number of nitrogens with one attached hydrogen (secondary N) is 2. The molecule has 8 nitrogen and oxygen atoms in total. The Balaban J connectivity index is 1.44. The Morgan fingerprint density at radius 3 is 2.42 bits per heavy atom. The van der Waals surface area contributed by atoms with Gasteiger partial charge < -0.3 is 20.4 Å². The van der Waals surface area contributed by atoms with E-state index >= 15 is 0 Å². The topological polar surface area (TPSA) is 82.1 Å². The summed E-state index contributed by atoms with van der Waals surface area (Å²) in [5.74, 6) is 2.28. The van der Waals surface area contributed by atoms with E-state index in [1.807, 2.05) is 25.4 Å². The molecule has 31 heavy (non-hydrogen) atoms. The normalized spacial score (nSPS) is 17.2. The maximum Gasteiger partial charge on any atom is 0.229 e. The van der Waals surface area contributed by atoms with E-state index in [0.29, 0.717) is 5.95 Å². The number of aromatic nitrogens is 4. The summed E-state index contributed by atoms with van der Waals surface area (Å²) >= 11 is 0. The summed E-state index contributed by atoms with van der Waals surface area (Å²) in [7, 11) is 0. The second-order valence-corrected chi connectivity index (χ2v) is 8.43. The van der Waals surface area contributed by atoms with Crippen LogP contribution in [-0.4, -0.2) is 59.2 Å². The molecule has 2 aliphatic heterocycles. The first kappa shape index (κ1) is 19.9. The van der Waals surface area contributed by atoms with Crippen LogP contribution in [-0.2, 0) is 0 Å². The van der Waals surface area contributed by atoms with Gasteiger partial charge >= 0.3 is 0 Å². The van der Waals surface area contributed by atoms with Crippen molar-refractivity contribution in [2.75, 3.05) is 54.4 Å². The number of piperazine rings is 1. The molecule has 2 N–H and O–H groups in total. The first-order chi connectivity index (χ1) is 15.2. The maximum atomic E-state index is 4.89. The third-order valence-corrected chi connectivity index (χ3v) is 6.20. The second kappa shape index (κ2) is 8.63. The Morgan fingerprint density at radius 1 is 0.871 bits per heavy atom. The Hall–Kier alpha value is -3.00. The van der Waals surface area contributed by atoms with Crippen LogP contribution in [0.1, 0.15) is 30.5 Å². The van der Waals surface area contributed by atoms with Gasteiger partial charge in [-0.1, -0.05) is 0 Å². The minimum atomic E-state index is 0.568. The van der Waals surface area contributed by atoms with Crippen molar-refractivity contribution < 1.29 is 0 Å². The Bertz CT molecular complexity index is 1050. The highest BCUT2D eigenvalue weighted by molar-refractivity contribution is 5.93. The lowest BCUT2D eigenvalue weighted by Crippen LogP contribution is -2.43. The lowest BCUT2D eigenvalue weighted by molar-refractivity contribution is 0.574. The highest BCUT2D eigenvalue weighted by atomic mass is 15.2. The van der Waals surface area contributed by atoms with Gasteiger partial charge in [0.05, 0.1) is 17.6 Å². The maximum absolute atomic E-state index is 4.89. The van der Waals surface area contributed by atoms with Crippen LogP contribution in [0.25, 0.3) is 10.9 Å². The summed E-state index contributed by atoms with van der Waals surface area (Å²) in [6.45, 7) is 10.2. The van der Waals surface area contributed by atoms with Crippen LogP contribution in [0.3, 0.4) is 0 Å². The quantitative estimate of drug-likeness (QED) is 0.669. The van der Waals surface area contributed by atoms with Crippen molar-refractivity contribution >= 4 is 34.2 Å². The fourth-order valence-electron chi connectivity index (χ4n) is 4.57. The van der Waals surface area contributed by atoms with Gasteiger partial charge in [-0.2, -0.15) is 0 Å². The smallest absolute Gasteiger partial charge is 0.229 e. The summed E-state index contributed by atoms with van der Waals surface area (Å²) in [6.07, 6.45) is 7.57. The van der Waals surface area contributed by atoms with E-state index < -0.39 is 0 Å². The molecule has 0 atom stereocenters. The molecule has 0 radical (unpaired) electrons. The third kappa shape index (κ3) is 4.12. The van der Waals surface area contributed by atoms with Gasteiger partial charge in [0.1, 0.15) is 11.3 Å². The monoisotopic (exact) mass is 418 g/mol. The first-order valence-electron chi connectivity index (χ1n) is 11.3. The number of hydrogen-bond acceptors (Lipinski definition) is 8. The van der Waals surface area contributed by atoms with E-state index in [1.165, 1.54) is 19.3 Å². The van der Waals surface area contributed by atoms with E-state index in [4.69, 9.17) is 15.0 Å². The molecule has 0 spiro atoms. The number of rotatable bonds is 4. The molecule has 8 heteroatoms. The van der Waals surface area contributed by atoms with Crippen LogP contribution in [0.2, 0.25) is 0 Å². The number of aryl methyl sites for hydroxylation is 2. The van der Waals surface area contributed by atoms with Gasteiger partial charge in [-0.15, -0.1) is 0 Å². The minimum absolute atomic E-state index is 0.568. The van der Waals surface area contributed by atoms with Crippen LogP contribution in [0.4, 0.5) is 23.3 Å². The molecule has 2 saturated heterocycles. The van der Waals surface area contributed by atoms with Crippen molar-refractivity contribution in [2.45, 2.75) is 33.1 Å². The highest BCUT2D eigenvalue weighted by Gasteiger charge is 2.19. The molecule has 5 rings (SSSR count). The molecule has 0 unspecified atom stereocenters.